The largest absolute Gasteiger partial charge is 0.316 e. The first-order chi connectivity index (χ1) is 9.75. The molecule has 3 rings (SSSR count). The fourth-order valence-corrected chi connectivity index (χ4v) is 3.58. The highest BCUT2D eigenvalue weighted by Crippen LogP contribution is 2.37. The Morgan fingerprint density at radius 3 is 2.50 bits per heavy atom. The number of nitrogens with one attached hydrogen (secondary N) is 1. The fourth-order valence-electron chi connectivity index (χ4n) is 3.58. The van der Waals surface area contributed by atoms with Gasteiger partial charge in [0.1, 0.15) is 0 Å². The van der Waals surface area contributed by atoms with Gasteiger partial charge >= 0.3 is 0 Å². The monoisotopic (exact) mass is 271 g/mol. The van der Waals surface area contributed by atoms with Gasteiger partial charge in [-0.3, -0.25) is 4.79 Å². The van der Waals surface area contributed by atoms with Crippen molar-refractivity contribution in [1.29, 1.82) is 0 Å². The molecule has 1 heterocycles. The first kappa shape index (κ1) is 13.8. The van der Waals surface area contributed by atoms with E-state index in [-0.39, 0.29) is 5.41 Å². The zero-order chi connectivity index (χ0) is 14.0. The van der Waals surface area contributed by atoms with Crippen LogP contribution in [0.5, 0.6) is 0 Å². The fraction of sp³-hybridized carbons (Fsp3) is 0.611. The highest BCUT2D eigenvalue weighted by atomic mass is 16.1. The Hall–Kier alpha value is -1.15. The molecule has 0 spiro atoms. The summed E-state index contributed by atoms with van der Waals surface area (Å²) >= 11 is 0. The van der Waals surface area contributed by atoms with E-state index in [1.165, 1.54) is 24.8 Å². The van der Waals surface area contributed by atoms with Gasteiger partial charge in [-0.15, -0.1) is 0 Å². The molecule has 1 unspecified atom stereocenters. The predicted molar refractivity (Wildman–Crippen MR) is 82.2 cm³/mol. The van der Waals surface area contributed by atoms with Gasteiger partial charge in [-0.25, -0.2) is 0 Å². The average Bonchev–Trinajstić information content (AvgIpc) is 2.46. The van der Waals surface area contributed by atoms with Crippen molar-refractivity contribution < 1.29 is 4.79 Å². The molecule has 2 aliphatic rings. The second-order valence-corrected chi connectivity index (χ2v) is 6.49. The molecule has 108 valence electrons. The molecule has 0 aromatic heterocycles. The summed E-state index contributed by atoms with van der Waals surface area (Å²) in [5.74, 6) is 1.09. The second-order valence-electron chi connectivity index (χ2n) is 6.49. The van der Waals surface area contributed by atoms with Crippen LogP contribution in [-0.4, -0.2) is 18.9 Å². The molecule has 1 atom stereocenters. The van der Waals surface area contributed by atoms with Gasteiger partial charge in [-0.2, -0.15) is 0 Å². The molecule has 1 N–H and O–H groups in total. The zero-order valence-corrected chi connectivity index (χ0v) is 12.5. The van der Waals surface area contributed by atoms with Crippen LogP contribution in [-0.2, 0) is 0 Å². The van der Waals surface area contributed by atoms with Gasteiger partial charge in [0, 0.05) is 17.5 Å². The Kier molecular flexibility index (Phi) is 3.93. The topological polar surface area (TPSA) is 29.1 Å². The molecule has 0 bridgehead atoms. The maximum absolute atomic E-state index is 12.9. The third-order valence-electron chi connectivity index (χ3n) is 5.38. The van der Waals surface area contributed by atoms with E-state index >= 15 is 0 Å². The van der Waals surface area contributed by atoms with Crippen molar-refractivity contribution in [1.82, 2.24) is 5.32 Å². The van der Waals surface area contributed by atoms with E-state index in [0.29, 0.717) is 5.78 Å². The minimum atomic E-state index is -0.170. The molecule has 20 heavy (non-hydrogen) atoms. The van der Waals surface area contributed by atoms with E-state index in [4.69, 9.17) is 0 Å². The highest BCUT2D eigenvalue weighted by molar-refractivity contribution is 6.00. The van der Waals surface area contributed by atoms with Crippen LogP contribution in [0.25, 0.3) is 0 Å². The van der Waals surface area contributed by atoms with E-state index in [9.17, 15) is 4.79 Å². The normalized spacial score (nSPS) is 27.1. The van der Waals surface area contributed by atoms with Crippen LogP contribution in [0.2, 0.25) is 0 Å². The molecule has 1 aromatic rings. The van der Waals surface area contributed by atoms with Crippen molar-refractivity contribution in [2.75, 3.05) is 13.1 Å². The summed E-state index contributed by atoms with van der Waals surface area (Å²) in [5, 5.41) is 3.40. The Morgan fingerprint density at radius 1 is 1.25 bits per heavy atom. The minimum absolute atomic E-state index is 0.170. The highest BCUT2D eigenvalue weighted by Gasteiger charge is 2.38. The molecule has 1 aliphatic carbocycles. The van der Waals surface area contributed by atoms with E-state index in [0.717, 1.165) is 43.8 Å². The van der Waals surface area contributed by atoms with Gasteiger partial charge < -0.3 is 5.32 Å². The number of ketones is 1. The number of carbonyl (C=O) groups is 1. The first-order valence-corrected chi connectivity index (χ1v) is 8.11. The summed E-state index contributed by atoms with van der Waals surface area (Å²) in [5.41, 5.74) is 2.15. The number of hydrogen-bond donors (Lipinski definition) is 1. The van der Waals surface area contributed by atoms with Crippen LogP contribution in [0.3, 0.4) is 0 Å². The zero-order valence-electron chi connectivity index (χ0n) is 12.5. The Balaban J connectivity index is 1.78. The SMILES string of the molecule is CCC1(C(=O)c2ccc(C3CCC3)cc2)CCCNC1. The van der Waals surface area contributed by atoms with Crippen LogP contribution in [0.15, 0.2) is 24.3 Å². The van der Waals surface area contributed by atoms with Gasteiger partial charge in [0.2, 0.25) is 0 Å². The van der Waals surface area contributed by atoms with Gasteiger partial charge in [-0.1, -0.05) is 37.6 Å². The lowest BCUT2D eigenvalue weighted by Crippen LogP contribution is -2.45. The Labute approximate surface area is 122 Å². The number of hydrogen-bond acceptors (Lipinski definition) is 2. The summed E-state index contributed by atoms with van der Waals surface area (Å²) < 4.78 is 0. The summed E-state index contributed by atoms with van der Waals surface area (Å²) in [7, 11) is 0. The van der Waals surface area contributed by atoms with Crippen LogP contribution in [0.4, 0.5) is 0 Å². The maximum atomic E-state index is 12.9. The molecule has 1 aromatic carbocycles. The van der Waals surface area contributed by atoms with Crippen LogP contribution >= 0.6 is 0 Å². The second kappa shape index (κ2) is 5.69. The lowest BCUT2D eigenvalue weighted by molar-refractivity contribution is 0.0730. The smallest absolute Gasteiger partial charge is 0.170 e. The maximum Gasteiger partial charge on any atom is 0.170 e. The quantitative estimate of drug-likeness (QED) is 0.841. The third-order valence-corrected chi connectivity index (χ3v) is 5.38. The lowest BCUT2D eigenvalue weighted by Gasteiger charge is -2.35. The van der Waals surface area contributed by atoms with E-state index in [1.54, 1.807) is 0 Å². The number of Topliss-reactive ketones (excluding diaryl/α,β-unsaturated/α-hetero) is 1. The summed E-state index contributed by atoms with van der Waals surface area (Å²) in [6.45, 7) is 4.04. The molecular formula is C18H25NO. The van der Waals surface area contributed by atoms with Crippen molar-refractivity contribution in [3.63, 3.8) is 0 Å². The molecule has 2 fully saturated rings. The third kappa shape index (κ3) is 2.42. The Bertz CT molecular complexity index is 467. The number of piperidine rings is 1. The summed E-state index contributed by atoms with van der Waals surface area (Å²) in [6, 6.07) is 8.47. The van der Waals surface area contributed by atoms with Crippen LogP contribution < -0.4 is 5.32 Å². The molecule has 2 nitrogen and oxygen atoms in total. The van der Waals surface area contributed by atoms with Gasteiger partial charge in [-0.05, 0) is 50.1 Å². The number of carbonyl (C=O) groups excluding carboxylic acids is 1. The summed E-state index contributed by atoms with van der Waals surface area (Å²) in [6.07, 6.45) is 7.06. The van der Waals surface area contributed by atoms with Crippen molar-refractivity contribution in [2.24, 2.45) is 5.41 Å². The van der Waals surface area contributed by atoms with Gasteiger partial charge in [0.15, 0.2) is 5.78 Å². The van der Waals surface area contributed by atoms with E-state index in [2.05, 4.69) is 36.5 Å². The van der Waals surface area contributed by atoms with Crippen molar-refractivity contribution >= 4 is 5.78 Å². The minimum Gasteiger partial charge on any atom is -0.316 e. The van der Waals surface area contributed by atoms with Gasteiger partial charge in [0.25, 0.3) is 0 Å². The molecule has 2 heteroatoms. The first-order valence-electron chi connectivity index (χ1n) is 8.11. The van der Waals surface area contributed by atoms with Crippen LogP contribution in [0, 0.1) is 5.41 Å². The van der Waals surface area contributed by atoms with Crippen molar-refractivity contribution in [3.8, 4) is 0 Å². The molecule has 0 amide bonds. The Morgan fingerprint density at radius 2 is 2.00 bits per heavy atom. The van der Waals surface area contributed by atoms with E-state index in [1.807, 2.05) is 0 Å². The molecule has 1 saturated carbocycles. The lowest BCUT2D eigenvalue weighted by atomic mass is 9.72. The van der Waals surface area contributed by atoms with Crippen molar-refractivity contribution in [3.05, 3.63) is 35.4 Å². The average molecular weight is 271 g/mol. The molecular weight excluding hydrogens is 246 g/mol. The molecule has 1 aliphatic heterocycles. The predicted octanol–water partition coefficient (Wildman–Crippen LogP) is 3.92. The summed E-state index contributed by atoms with van der Waals surface area (Å²) in [4.78, 5) is 12.9. The number of rotatable bonds is 4. The molecule has 1 saturated heterocycles. The molecule has 0 radical (unpaired) electrons. The van der Waals surface area contributed by atoms with Crippen LogP contribution in [0.1, 0.15) is 67.3 Å². The van der Waals surface area contributed by atoms with Gasteiger partial charge in [0.05, 0.1) is 0 Å². The standard InChI is InChI=1S/C18H25NO/c1-2-18(11-4-12-19-13-18)17(20)16-9-7-15(8-10-16)14-5-3-6-14/h7-10,14,19H,2-6,11-13H2,1H3. The van der Waals surface area contributed by atoms with E-state index < -0.39 is 0 Å². The number of benzene rings is 1. The van der Waals surface area contributed by atoms with Crippen molar-refractivity contribution in [2.45, 2.75) is 51.4 Å².